The van der Waals surface area contributed by atoms with Gasteiger partial charge in [-0.1, -0.05) is 0 Å². The minimum atomic E-state index is -0.557. The second kappa shape index (κ2) is 7.99. The van der Waals surface area contributed by atoms with Crippen LogP contribution in [0.1, 0.15) is 18.4 Å². The van der Waals surface area contributed by atoms with E-state index in [-0.39, 0.29) is 13.2 Å². The molecule has 0 bridgehead atoms. The van der Waals surface area contributed by atoms with Crippen LogP contribution in [0, 0.1) is 17.2 Å². The van der Waals surface area contributed by atoms with Crippen molar-refractivity contribution < 1.29 is 14.9 Å². The number of hydrogen-bond acceptors (Lipinski definition) is 5. The Morgan fingerprint density at radius 2 is 2.14 bits per heavy atom. The average molecular weight is 290 g/mol. The van der Waals surface area contributed by atoms with E-state index in [1.165, 1.54) is 0 Å². The van der Waals surface area contributed by atoms with Crippen LogP contribution in [-0.2, 0) is 0 Å². The van der Waals surface area contributed by atoms with Crippen molar-refractivity contribution >= 4 is 0 Å². The first-order valence-corrected chi connectivity index (χ1v) is 7.35. The Hall–Kier alpha value is -1.61. The maximum absolute atomic E-state index is 10.0. The Balaban J connectivity index is 1.73. The predicted octanol–water partition coefficient (Wildman–Crippen LogP) is 1.00. The van der Waals surface area contributed by atoms with Gasteiger partial charge in [0, 0.05) is 19.7 Å². The molecule has 21 heavy (non-hydrogen) atoms. The van der Waals surface area contributed by atoms with Gasteiger partial charge < -0.3 is 19.8 Å². The summed E-state index contributed by atoms with van der Waals surface area (Å²) in [7, 11) is 0. The topological polar surface area (TPSA) is 76.7 Å². The van der Waals surface area contributed by atoms with Gasteiger partial charge in [-0.25, -0.2) is 0 Å². The van der Waals surface area contributed by atoms with E-state index in [0.717, 1.165) is 25.9 Å². The number of β-amino-alcohol motifs (C(OH)–C–C–N with tert-alkyl or cyclic N) is 1. The van der Waals surface area contributed by atoms with Crippen molar-refractivity contribution in [3.63, 3.8) is 0 Å². The first-order chi connectivity index (χ1) is 10.2. The lowest BCUT2D eigenvalue weighted by Crippen LogP contribution is -2.42. The molecular weight excluding hydrogens is 268 g/mol. The maximum Gasteiger partial charge on any atom is 0.119 e. The molecule has 5 heteroatoms. The molecule has 5 nitrogen and oxygen atoms in total. The predicted molar refractivity (Wildman–Crippen MR) is 78.9 cm³/mol. The van der Waals surface area contributed by atoms with E-state index >= 15 is 0 Å². The molecule has 1 aromatic rings. The molecule has 2 atom stereocenters. The number of piperidine rings is 1. The number of hydrogen-bond donors (Lipinski definition) is 2. The lowest BCUT2D eigenvalue weighted by Gasteiger charge is -2.33. The van der Waals surface area contributed by atoms with Crippen LogP contribution in [0.4, 0.5) is 0 Å². The molecule has 1 aliphatic rings. The summed E-state index contributed by atoms with van der Waals surface area (Å²) in [6.45, 7) is 2.81. The summed E-state index contributed by atoms with van der Waals surface area (Å²) in [6.07, 6.45) is 1.57. The van der Waals surface area contributed by atoms with Crippen molar-refractivity contribution in [2.45, 2.75) is 18.9 Å². The summed E-state index contributed by atoms with van der Waals surface area (Å²) in [4.78, 5) is 2.18. The fourth-order valence-electron chi connectivity index (χ4n) is 2.64. The van der Waals surface area contributed by atoms with Gasteiger partial charge in [0.1, 0.15) is 18.5 Å². The molecule has 0 spiro atoms. The SMILES string of the molecule is N#Cc1ccc(OCC(O)CN2CCCC(CO)C2)cc1. The van der Waals surface area contributed by atoms with E-state index < -0.39 is 6.10 Å². The highest BCUT2D eigenvalue weighted by Gasteiger charge is 2.21. The van der Waals surface area contributed by atoms with Gasteiger partial charge >= 0.3 is 0 Å². The van der Waals surface area contributed by atoms with Gasteiger partial charge in [-0.2, -0.15) is 5.26 Å². The highest BCUT2D eigenvalue weighted by atomic mass is 16.5. The normalized spacial score (nSPS) is 20.7. The third kappa shape index (κ3) is 5.01. The van der Waals surface area contributed by atoms with Crippen molar-refractivity contribution in [3.8, 4) is 11.8 Å². The quantitative estimate of drug-likeness (QED) is 0.817. The smallest absolute Gasteiger partial charge is 0.119 e. The van der Waals surface area contributed by atoms with Gasteiger partial charge in [-0.05, 0) is 49.6 Å². The standard InChI is InChI=1S/C16H22N2O3/c17-8-13-3-5-16(6-4-13)21-12-15(20)10-18-7-1-2-14(9-18)11-19/h3-6,14-15,19-20H,1-2,7,9-12H2. The van der Waals surface area contributed by atoms with Crippen LogP contribution in [0.25, 0.3) is 0 Å². The van der Waals surface area contributed by atoms with Gasteiger partial charge in [0.25, 0.3) is 0 Å². The van der Waals surface area contributed by atoms with Gasteiger partial charge in [0.15, 0.2) is 0 Å². The van der Waals surface area contributed by atoms with Crippen molar-refractivity contribution in [1.82, 2.24) is 4.90 Å². The zero-order valence-corrected chi connectivity index (χ0v) is 12.1. The lowest BCUT2D eigenvalue weighted by atomic mass is 9.99. The summed E-state index contributed by atoms with van der Waals surface area (Å²) >= 11 is 0. The summed E-state index contributed by atoms with van der Waals surface area (Å²) in [6, 6.07) is 8.90. The summed E-state index contributed by atoms with van der Waals surface area (Å²) < 4.78 is 5.53. The first-order valence-electron chi connectivity index (χ1n) is 7.35. The van der Waals surface area contributed by atoms with Crippen LogP contribution in [0.2, 0.25) is 0 Å². The van der Waals surface area contributed by atoms with E-state index in [2.05, 4.69) is 11.0 Å². The molecule has 2 unspecified atom stereocenters. The summed E-state index contributed by atoms with van der Waals surface area (Å²) in [5, 5.41) is 28.0. The molecule has 1 aromatic carbocycles. The zero-order valence-electron chi connectivity index (χ0n) is 12.1. The number of ether oxygens (including phenoxy) is 1. The van der Waals surface area contributed by atoms with Crippen molar-refractivity contribution in [1.29, 1.82) is 5.26 Å². The Morgan fingerprint density at radius 1 is 1.38 bits per heavy atom. The summed E-state index contributed by atoms with van der Waals surface area (Å²) in [5.41, 5.74) is 0.589. The highest BCUT2D eigenvalue weighted by Crippen LogP contribution is 2.16. The monoisotopic (exact) mass is 290 g/mol. The molecule has 114 valence electrons. The number of nitrogens with zero attached hydrogens (tertiary/aromatic N) is 2. The number of aliphatic hydroxyl groups excluding tert-OH is 2. The molecule has 1 fully saturated rings. The number of aliphatic hydroxyl groups is 2. The van der Waals surface area contributed by atoms with Crippen LogP contribution in [0.15, 0.2) is 24.3 Å². The molecule has 1 saturated heterocycles. The van der Waals surface area contributed by atoms with Gasteiger partial charge in [-0.15, -0.1) is 0 Å². The number of rotatable bonds is 6. The van der Waals surface area contributed by atoms with Crippen LogP contribution in [0.3, 0.4) is 0 Å². The third-order valence-corrected chi connectivity index (χ3v) is 3.76. The second-order valence-electron chi connectivity index (χ2n) is 5.55. The molecule has 2 N–H and O–H groups in total. The molecule has 0 aliphatic carbocycles. The second-order valence-corrected chi connectivity index (χ2v) is 5.55. The number of nitriles is 1. The largest absolute Gasteiger partial charge is 0.491 e. The third-order valence-electron chi connectivity index (χ3n) is 3.76. The van der Waals surface area contributed by atoms with Crippen molar-refractivity contribution in [3.05, 3.63) is 29.8 Å². The number of benzene rings is 1. The fourth-order valence-corrected chi connectivity index (χ4v) is 2.64. The van der Waals surface area contributed by atoms with Crippen LogP contribution in [-0.4, -0.2) is 54.1 Å². The fraction of sp³-hybridized carbons (Fsp3) is 0.562. The highest BCUT2D eigenvalue weighted by molar-refractivity contribution is 5.34. The van der Waals surface area contributed by atoms with Gasteiger partial charge in [0.2, 0.25) is 0 Å². The maximum atomic E-state index is 10.0. The molecule has 0 amide bonds. The molecule has 1 aliphatic heterocycles. The van der Waals surface area contributed by atoms with E-state index in [9.17, 15) is 10.2 Å². The van der Waals surface area contributed by atoms with Gasteiger partial charge in [-0.3, -0.25) is 0 Å². The molecule has 0 radical (unpaired) electrons. The molecular formula is C16H22N2O3. The van der Waals surface area contributed by atoms with E-state index in [4.69, 9.17) is 10.00 Å². The minimum absolute atomic E-state index is 0.217. The number of likely N-dealkylation sites (tertiary alicyclic amines) is 1. The zero-order chi connectivity index (χ0) is 15.1. The van der Waals surface area contributed by atoms with Crippen molar-refractivity contribution in [2.24, 2.45) is 5.92 Å². The van der Waals surface area contributed by atoms with Crippen LogP contribution in [0.5, 0.6) is 5.75 Å². The van der Waals surface area contributed by atoms with Gasteiger partial charge in [0.05, 0.1) is 11.6 Å². The Kier molecular flexibility index (Phi) is 6.00. The minimum Gasteiger partial charge on any atom is -0.491 e. The van der Waals surface area contributed by atoms with E-state index in [1.54, 1.807) is 24.3 Å². The van der Waals surface area contributed by atoms with E-state index in [1.807, 2.05) is 0 Å². The average Bonchev–Trinajstić information content (AvgIpc) is 2.53. The van der Waals surface area contributed by atoms with Crippen LogP contribution < -0.4 is 4.74 Å². The Morgan fingerprint density at radius 3 is 2.81 bits per heavy atom. The lowest BCUT2D eigenvalue weighted by molar-refractivity contribution is 0.0431. The molecule has 0 aromatic heterocycles. The van der Waals surface area contributed by atoms with Crippen molar-refractivity contribution in [2.75, 3.05) is 32.8 Å². The van der Waals surface area contributed by atoms with Crippen LogP contribution >= 0.6 is 0 Å². The Labute approximate surface area is 125 Å². The first kappa shape index (κ1) is 15.8. The molecule has 2 rings (SSSR count). The van der Waals surface area contributed by atoms with E-state index in [0.29, 0.717) is 23.8 Å². The molecule has 0 saturated carbocycles. The Bertz CT molecular complexity index is 469. The molecule has 1 heterocycles. The summed E-state index contributed by atoms with van der Waals surface area (Å²) in [5.74, 6) is 0.977.